The maximum absolute atomic E-state index is 14.6. The van der Waals surface area contributed by atoms with Crippen LogP contribution in [0.4, 0.5) is 13.2 Å². The van der Waals surface area contributed by atoms with E-state index >= 15 is 0 Å². The average molecular weight is 389 g/mol. The Morgan fingerprint density at radius 3 is 2.18 bits per heavy atom. The minimum atomic E-state index is -0.535. The summed E-state index contributed by atoms with van der Waals surface area (Å²) >= 11 is 0. The first kappa shape index (κ1) is 21.0. The Bertz CT molecular complexity index is 701. The lowest BCUT2D eigenvalue weighted by atomic mass is 9.77. The molecule has 0 bridgehead atoms. The highest BCUT2D eigenvalue weighted by Crippen LogP contribution is 2.38. The normalized spacial score (nSPS) is 28.1. The van der Waals surface area contributed by atoms with Gasteiger partial charge in [0.1, 0.15) is 11.6 Å². The maximum Gasteiger partial charge on any atom is 0.142 e. The molecule has 2 aliphatic rings. The lowest BCUT2D eigenvalue weighted by Gasteiger charge is -2.28. The SMILES string of the molecule is CCC[C@H]1CC[C@H](c2cc(F)c(C#C[C@H]3CC[C@H](C=CF)CC3)c(F)c2)CC1. The van der Waals surface area contributed by atoms with E-state index in [-0.39, 0.29) is 23.3 Å². The number of rotatable bonds is 4. The van der Waals surface area contributed by atoms with Gasteiger partial charge in [-0.05, 0) is 86.8 Å². The summed E-state index contributed by atoms with van der Waals surface area (Å²) < 4.78 is 41.4. The van der Waals surface area contributed by atoms with Gasteiger partial charge in [-0.3, -0.25) is 0 Å². The molecular weight excluding hydrogens is 357 g/mol. The van der Waals surface area contributed by atoms with E-state index in [1.54, 1.807) is 6.08 Å². The van der Waals surface area contributed by atoms with Crippen molar-refractivity contribution in [3.8, 4) is 11.8 Å². The molecule has 3 heteroatoms. The minimum Gasteiger partial charge on any atom is -0.216 e. The Kier molecular flexibility index (Phi) is 7.65. The van der Waals surface area contributed by atoms with E-state index in [0.29, 0.717) is 6.33 Å². The predicted molar refractivity (Wildman–Crippen MR) is 109 cm³/mol. The average Bonchev–Trinajstić information content (AvgIpc) is 2.69. The number of hydrogen-bond donors (Lipinski definition) is 0. The molecule has 0 N–H and O–H groups in total. The van der Waals surface area contributed by atoms with Crippen molar-refractivity contribution in [3.63, 3.8) is 0 Å². The highest BCUT2D eigenvalue weighted by molar-refractivity contribution is 5.40. The van der Waals surface area contributed by atoms with Crippen molar-refractivity contribution in [1.82, 2.24) is 0 Å². The van der Waals surface area contributed by atoms with Gasteiger partial charge in [-0.1, -0.05) is 37.7 Å². The lowest BCUT2D eigenvalue weighted by molar-refractivity contribution is 0.307. The quantitative estimate of drug-likeness (QED) is 0.464. The van der Waals surface area contributed by atoms with Crippen LogP contribution in [0.2, 0.25) is 0 Å². The molecule has 0 saturated heterocycles. The molecule has 0 aromatic heterocycles. The number of allylic oxidation sites excluding steroid dienone is 1. The largest absolute Gasteiger partial charge is 0.216 e. The third-order valence-electron chi connectivity index (χ3n) is 6.60. The van der Waals surface area contributed by atoms with Gasteiger partial charge < -0.3 is 0 Å². The maximum atomic E-state index is 14.6. The van der Waals surface area contributed by atoms with Crippen LogP contribution in [0.15, 0.2) is 24.5 Å². The van der Waals surface area contributed by atoms with Crippen LogP contribution in [0.3, 0.4) is 0 Å². The number of benzene rings is 1. The van der Waals surface area contributed by atoms with E-state index in [9.17, 15) is 13.2 Å². The van der Waals surface area contributed by atoms with Crippen LogP contribution < -0.4 is 0 Å². The van der Waals surface area contributed by atoms with Gasteiger partial charge in [0.25, 0.3) is 0 Å². The smallest absolute Gasteiger partial charge is 0.142 e. The Hall–Kier alpha value is -1.69. The van der Waals surface area contributed by atoms with Crippen molar-refractivity contribution < 1.29 is 13.2 Å². The molecule has 2 saturated carbocycles. The first-order valence-electron chi connectivity index (χ1n) is 10.9. The van der Waals surface area contributed by atoms with E-state index in [4.69, 9.17) is 0 Å². The summed E-state index contributed by atoms with van der Waals surface area (Å²) in [5.74, 6) is 6.18. The second-order valence-electron chi connectivity index (χ2n) is 8.57. The van der Waals surface area contributed by atoms with Gasteiger partial charge in [-0.2, -0.15) is 0 Å². The van der Waals surface area contributed by atoms with Gasteiger partial charge in [0.15, 0.2) is 0 Å². The first-order valence-corrected chi connectivity index (χ1v) is 10.9. The standard InChI is InChI=1S/C25H31F3/c1-2-3-18-8-11-21(12-9-18)22-16-24(27)23(25(28)17-22)13-10-19-4-6-20(7-5-19)14-15-26/h14-21H,2-9,11-12H2,1H3/t18-,19-,20-,21-. The van der Waals surface area contributed by atoms with Crippen LogP contribution in [0.25, 0.3) is 0 Å². The molecule has 0 spiro atoms. The summed E-state index contributed by atoms with van der Waals surface area (Å²) in [7, 11) is 0. The van der Waals surface area contributed by atoms with Gasteiger partial charge >= 0.3 is 0 Å². The molecule has 0 unspecified atom stereocenters. The Morgan fingerprint density at radius 1 is 0.964 bits per heavy atom. The van der Waals surface area contributed by atoms with Crippen LogP contribution in [0.5, 0.6) is 0 Å². The Morgan fingerprint density at radius 2 is 1.61 bits per heavy atom. The van der Waals surface area contributed by atoms with E-state index in [2.05, 4.69) is 18.8 Å². The van der Waals surface area contributed by atoms with Gasteiger partial charge in [-0.25, -0.2) is 13.2 Å². The van der Waals surface area contributed by atoms with Crippen molar-refractivity contribution in [2.45, 2.75) is 77.0 Å². The molecule has 1 aromatic carbocycles. The Balaban J connectivity index is 1.64. The third-order valence-corrected chi connectivity index (χ3v) is 6.60. The van der Waals surface area contributed by atoms with Crippen LogP contribution >= 0.6 is 0 Å². The fourth-order valence-electron chi connectivity index (χ4n) is 4.87. The van der Waals surface area contributed by atoms with Crippen molar-refractivity contribution in [2.24, 2.45) is 17.8 Å². The molecule has 152 valence electrons. The van der Waals surface area contributed by atoms with E-state index in [1.807, 2.05) is 0 Å². The van der Waals surface area contributed by atoms with E-state index in [0.717, 1.165) is 62.8 Å². The molecule has 2 aliphatic carbocycles. The van der Waals surface area contributed by atoms with Crippen LogP contribution in [-0.4, -0.2) is 0 Å². The zero-order valence-electron chi connectivity index (χ0n) is 16.8. The highest BCUT2D eigenvalue weighted by Gasteiger charge is 2.24. The van der Waals surface area contributed by atoms with Gasteiger partial charge in [0.05, 0.1) is 11.9 Å². The van der Waals surface area contributed by atoms with Crippen molar-refractivity contribution in [1.29, 1.82) is 0 Å². The number of halogens is 3. The monoisotopic (exact) mass is 388 g/mol. The fraction of sp³-hybridized carbons (Fsp3) is 0.600. The molecule has 2 fully saturated rings. The van der Waals surface area contributed by atoms with Crippen LogP contribution in [0, 0.1) is 41.2 Å². The van der Waals surface area contributed by atoms with Gasteiger partial charge in [-0.15, -0.1) is 0 Å². The summed E-state index contributed by atoms with van der Waals surface area (Å²) in [6.45, 7) is 2.21. The topological polar surface area (TPSA) is 0 Å². The molecule has 0 nitrogen and oxygen atoms in total. The van der Waals surface area contributed by atoms with Gasteiger partial charge in [0, 0.05) is 5.92 Å². The first-order chi connectivity index (χ1) is 13.6. The van der Waals surface area contributed by atoms with Crippen LogP contribution in [0.1, 0.15) is 88.2 Å². The highest BCUT2D eigenvalue weighted by atomic mass is 19.1. The van der Waals surface area contributed by atoms with E-state index in [1.165, 1.54) is 25.0 Å². The molecule has 28 heavy (non-hydrogen) atoms. The fourth-order valence-corrected chi connectivity index (χ4v) is 4.87. The van der Waals surface area contributed by atoms with Crippen molar-refractivity contribution in [2.75, 3.05) is 0 Å². The molecule has 1 aromatic rings. The van der Waals surface area contributed by atoms with Crippen molar-refractivity contribution in [3.05, 3.63) is 47.3 Å². The summed E-state index contributed by atoms with van der Waals surface area (Å²) in [6, 6.07) is 3.00. The summed E-state index contributed by atoms with van der Waals surface area (Å²) in [6.07, 6.45) is 12.5. The Labute approximate surface area is 167 Å². The molecule has 3 rings (SSSR count). The molecule has 0 amide bonds. The molecule has 0 heterocycles. The summed E-state index contributed by atoms with van der Waals surface area (Å²) in [4.78, 5) is 0. The van der Waals surface area contributed by atoms with Crippen molar-refractivity contribution >= 4 is 0 Å². The third kappa shape index (κ3) is 5.43. The summed E-state index contributed by atoms with van der Waals surface area (Å²) in [5.41, 5.74) is 0.684. The zero-order valence-corrected chi connectivity index (χ0v) is 16.8. The zero-order chi connectivity index (χ0) is 19.9. The molecule has 0 atom stereocenters. The molecule has 0 aliphatic heterocycles. The predicted octanol–water partition coefficient (Wildman–Crippen LogP) is 7.68. The summed E-state index contributed by atoms with van der Waals surface area (Å²) in [5, 5.41) is 0. The molecule has 0 radical (unpaired) electrons. The van der Waals surface area contributed by atoms with Gasteiger partial charge in [0.2, 0.25) is 0 Å². The second-order valence-corrected chi connectivity index (χ2v) is 8.57. The van der Waals surface area contributed by atoms with E-state index < -0.39 is 11.6 Å². The second kappa shape index (κ2) is 10.2. The number of hydrogen-bond acceptors (Lipinski definition) is 0. The lowest BCUT2D eigenvalue weighted by Crippen LogP contribution is -2.14. The van der Waals surface area contributed by atoms with Crippen LogP contribution in [-0.2, 0) is 0 Å². The molecular formula is C25H31F3. The minimum absolute atomic E-state index is 0.103.